The predicted octanol–water partition coefficient (Wildman–Crippen LogP) is 4.72. The Hall–Kier alpha value is -1.26. The summed E-state index contributed by atoms with van der Waals surface area (Å²) in [7, 11) is 1.56. The number of rotatable bonds is 4. The first kappa shape index (κ1) is 13.2. The number of halogens is 2. The lowest BCUT2D eigenvalue weighted by Crippen LogP contribution is -2.06. The van der Waals surface area contributed by atoms with Gasteiger partial charge in [0.1, 0.15) is 11.6 Å². The Morgan fingerprint density at radius 1 is 1.33 bits per heavy atom. The number of hydrogen-bond donors (Lipinski definition) is 1. The van der Waals surface area contributed by atoms with Gasteiger partial charge in [-0.05, 0) is 31.2 Å². The SMILES string of the molecule is COc1ccc(F)c(NC(C)c2ccc(Cl)s2)c1. The Morgan fingerprint density at radius 3 is 2.72 bits per heavy atom. The summed E-state index contributed by atoms with van der Waals surface area (Å²) in [6.45, 7) is 1.96. The predicted molar refractivity (Wildman–Crippen MR) is 74.3 cm³/mol. The molecule has 0 saturated carbocycles. The highest BCUT2D eigenvalue weighted by Gasteiger charge is 2.11. The first-order chi connectivity index (χ1) is 8.60. The Bertz CT molecular complexity index is 544. The average molecular weight is 286 g/mol. The van der Waals surface area contributed by atoms with Crippen molar-refractivity contribution in [3.63, 3.8) is 0 Å². The second-order valence-electron chi connectivity index (χ2n) is 3.85. The molecule has 0 radical (unpaired) electrons. The van der Waals surface area contributed by atoms with Gasteiger partial charge in [-0.3, -0.25) is 0 Å². The van der Waals surface area contributed by atoms with Crippen LogP contribution in [0.5, 0.6) is 5.75 Å². The van der Waals surface area contributed by atoms with Crippen molar-refractivity contribution in [2.45, 2.75) is 13.0 Å². The quantitative estimate of drug-likeness (QED) is 0.877. The Morgan fingerprint density at radius 2 is 2.11 bits per heavy atom. The van der Waals surface area contributed by atoms with E-state index in [1.54, 1.807) is 19.2 Å². The standard InChI is InChI=1S/C13H13ClFNOS/c1-8(12-5-6-13(14)18-12)16-11-7-9(17-2)3-4-10(11)15/h3-8,16H,1-2H3. The normalized spacial score (nSPS) is 12.2. The summed E-state index contributed by atoms with van der Waals surface area (Å²) >= 11 is 7.36. The number of ether oxygens (including phenoxy) is 1. The molecule has 0 saturated heterocycles. The van der Waals surface area contributed by atoms with Gasteiger partial charge in [0, 0.05) is 10.9 Å². The number of anilines is 1. The molecule has 96 valence electrons. The zero-order valence-corrected chi connectivity index (χ0v) is 11.6. The Kier molecular flexibility index (Phi) is 4.09. The molecule has 2 rings (SSSR count). The van der Waals surface area contributed by atoms with Crippen LogP contribution in [0, 0.1) is 5.82 Å². The molecule has 0 fully saturated rings. The highest BCUT2D eigenvalue weighted by molar-refractivity contribution is 7.16. The highest BCUT2D eigenvalue weighted by Crippen LogP contribution is 2.30. The Labute approximate surface area is 114 Å². The average Bonchev–Trinajstić information content (AvgIpc) is 2.79. The molecule has 0 aliphatic heterocycles. The molecule has 1 aromatic heterocycles. The van der Waals surface area contributed by atoms with E-state index >= 15 is 0 Å². The van der Waals surface area contributed by atoms with Crippen LogP contribution >= 0.6 is 22.9 Å². The second kappa shape index (κ2) is 5.59. The lowest BCUT2D eigenvalue weighted by atomic mass is 10.2. The van der Waals surface area contributed by atoms with E-state index in [0.29, 0.717) is 11.4 Å². The fourth-order valence-corrected chi connectivity index (χ4v) is 2.67. The maximum absolute atomic E-state index is 13.6. The monoisotopic (exact) mass is 285 g/mol. The fraction of sp³-hybridized carbons (Fsp3) is 0.231. The summed E-state index contributed by atoms with van der Waals surface area (Å²) < 4.78 is 19.4. The summed E-state index contributed by atoms with van der Waals surface area (Å²) in [6, 6.07) is 8.37. The molecule has 5 heteroatoms. The molecule has 0 aliphatic rings. The van der Waals surface area contributed by atoms with E-state index in [1.165, 1.54) is 17.4 Å². The van der Waals surface area contributed by atoms with E-state index in [9.17, 15) is 4.39 Å². The number of methoxy groups -OCH3 is 1. The molecule has 1 atom stereocenters. The minimum Gasteiger partial charge on any atom is -0.497 e. The minimum atomic E-state index is -0.301. The van der Waals surface area contributed by atoms with Crippen LogP contribution in [0.1, 0.15) is 17.8 Å². The van der Waals surface area contributed by atoms with Crippen molar-refractivity contribution in [3.8, 4) is 5.75 Å². The van der Waals surface area contributed by atoms with Gasteiger partial charge in [-0.25, -0.2) is 4.39 Å². The van der Waals surface area contributed by atoms with E-state index < -0.39 is 0 Å². The van der Waals surface area contributed by atoms with Gasteiger partial charge in [0.25, 0.3) is 0 Å². The molecule has 2 aromatic rings. The van der Waals surface area contributed by atoms with Crippen molar-refractivity contribution in [2.75, 3.05) is 12.4 Å². The minimum absolute atomic E-state index is 0.0101. The van der Waals surface area contributed by atoms with Crippen molar-refractivity contribution in [3.05, 3.63) is 45.4 Å². The van der Waals surface area contributed by atoms with Gasteiger partial charge in [0.2, 0.25) is 0 Å². The first-order valence-corrected chi connectivity index (χ1v) is 6.65. The van der Waals surface area contributed by atoms with Crippen LogP contribution < -0.4 is 10.1 Å². The van der Waals surface area contributed by atoms with Gasteiger partial charge in [-0.2, -0.15) is 0 Å². The summed E-state index contributed by atoms with van der Waals surface area (Å²) in [6.07, 6.45) is 0. The van der Waals surface area contributed by atoms with Crippen molar-refractivity contribution < 1.29 is 9.13 Å². The van der Waals surface area contributed by atoms with Gasteiger partial charge in [0.05, 0.1) is 23.2 Å². The van der Waals surface area contributed by atoms with Crippen LogP contribution in [0.25, 0.3) is 0 Å². The summed E-state index contributed by atoms with van der Waals surface area (Å²) in [5.74, 6) is 0.320. The van der Waals surface area contributed by atoms with Crippen molar-refractivity contribution in [1.29, 1.82) is 0 Å². The smallest absolute Gasteiger partial charge is 0.146 e. The lowest BCUT2D eigenvalue weighted by Gasteiger charge is -2.15. The molecular weight excluding hydrogens is 273 g/mol. The molecule has 1 heterocycles. The molecule has 1 N–H and O–H groups in total. The van der Waals surface area contributed by atoms with E-state index in [0.717, 1.165) is 9.21 Å². The van der Waals surface area contributed by atoms with Crippen molar-refractivity contribution in [2.24, 2.45) is 0 Å². The topological polar surface area (TPSA) is 21.3 Å². The van der Waals surface area contributed by atoms with Gasteiger partial charge >= 0.3 is 0 Å². The third kappa shape index (κ3) is 2.94. The molecule has 1 unspecified atom stereocenters. The maximum Gasteiger partial charge on any atom is 0.146 e. The van der Waals surface area contributed by atoms with E-state index in [-0.39, 0.29) is 11.9 Å². The van der Waals surface area contributed by atoms with Crippen LogP contribution in [0.3, 0.4) is 0 Å². The number of thiophene rings is 1. The van der Waals surface area contributed by atoms with Gasteiger partial charge < -0.3 is 10.1 Å². The van der Waals surface area contributed by atoms with E-state index in [4.69, 9.17) is 16.3 Å². The van der Waals surface area contributed by atoms with Gasteiger partial charge in [-0.1, -0.05) is 11.6 Å². The molecule has 18 heavy (non-hydrogen) atoms. The first-order valence-electron chi connectivity index (χ1n) is 5.45. The van der Waals surface area contributed by atoms with Crippen molar-refractivity contribution >= 4 is 28.6 Å². The summed E-state index contributed by atoms with van der Waals surface area (Å²) in [5.41, 5.74) is 0.423. The molecule has 0 bridgehead atoms. The van der Waals surface area contributed by atoms with E-state index in [2.05, 4.69) is 5.32 Å². The molecule has 2 nitrogen and oxygen atoms in total. The van der Waals surface area contributed by atoms with Crippen LogP contribution in [0.15, 0.2) is 30.3 Å². The number of nitrogens with one attached hydrogen (secondary N) is 1. The van der Waals surface area contributed by atoms with Crippen molar-refractivity contribution in [1.82, 2.24) is 0 Å². The maximum atomic E-state index is 13.6. The summed E-state index contributed by atoms with van der Waals surface area (Å²) in [5, 5.41) is 3.11. The van der Waals surface area contributed by atoms with Crippen LogP contribution in [0.2, 0.25) is 4.34 Å². The van der Waals surface area contributed by atoms with Crippen LogP contribution in [0.4, 0.5) is 10.1 Å². The van der Waals surface area contributed by atoms with Crippen LogP contribution in [-0.4, -0.2) is 7.11 Å². The van der Waals surface area contributed by atoms with Gasteiger partial charge in [-0.15, -0.1) is 11.3 Å². The molecular formula is C13H13ClFNOS. The van der Waals surface area contributed by atoms with E-state index in [1.807, 2.05) is 19.1 Å². The largest absolute Gasteiger partial charge is 0.497 e. The second-order valence-corrected chi connectivity index (χ2v) is 5.60. The Balaban J connectivity index is 2.18. The fourth-order valence-electron chi connectivity index (χ4n) is 1.61. The number of hydrogen-bond acceptors (Lipinski definition) is 3. The zero-order valence-electron chi connectivity index (χ0n) is 10.0. The zero-order chi connectivity index (χ0) is 13.1. The molecule has 1 aromatic carbocycles. The lowest BCUT2D eigenvalue weighted by molar-refractivity contribution is 0.414. The number of benzene rings is 1. The molecule has 0 spiro atoms. The summed E-state index contributed by atoms with van der Waals surface area (Å²) in [4.78, 5) is 1.06. The highest BCUT2D eigenvalue weighted by atomic mass is 35.5. The molecule has 0 aliphatic carbocycles. The van der Waals surface area contributed by atoms with Crippen LogP contribution in [-0.2, 0) is 0 Å². The molecule has 0 amide bonds. The third-order valence-electron chi connectivity index (χ3n) is 2.57. The third-order valence-corrected chi connectivity index (χ3v) is 3.98. The van der Waals surface area contributed by atoms with Gasteiger partial charge in [0.15, 0.2) is 0 Å².